The van der Waals surface area contributed by atoms with Gasteiger partial charge in [0.05, 0.1) is 5.41 Å². The summed E-state index contributed by atoms with van der Waals surface area (Å²) in [7, 11) is 0. The van der Waals surface area contributed by atoms with Crippen molar-refractivity contribution < 1.29 is 9.90 Å². The molecule has 0 saturated carbocycles. The number of para-hydroxylation sites is 1. The molecule has 0 aromatic heterocycles. The van der Waals surface area contributed by atoms with Gasteiger partial charge in [-0.2, -0.15) is 0 Å². The molecule has 1 saturated heterocycles. The second-order valence-electron chi connectivity index (χ2n) is 4.87. The molecule has 1 heterocycles. The molecule has 18 heavy (non-hydrogen) atoms. The van der Waals surface area contributed by atoms with Crippen LogP contribution in [0, 0.1) is 5.41 Å². The quantitative estimate of drug-likeness (QED) is 0.754. The zero-order valence-electron chi connectivity index (χ0n) is 10.7. The summed E-state index contributed by atoms with van der Waals surface area (Å²) < 4.78 is 0. The number of nitrogens with one attached hydrogen (secondary N) is 2. The molecule has 0 aliphatic carbocycles. The van der Waals surface area contributed by atoms with E-state index in [1.54, 1.807) is 12.1 Å². The van der Waals surface area contributed by atoms with E-state index < -0.39 is 0 Å². The molecular formula is C14H20N2O2. The van der Waals surface area contributed by atoms with Crippen molar-refractivity contribution in [1.82, 2.24) is 10.6 Å². The monoisotopic (exact) mass is 248 g/mol. The van der Waals surface area contributed by atoms with E-state index in [4.69, 9.17) is 0 Å². The SMILES string of the molecule is CCC1(C(=O)NCc2ccccc2O)CCNC1. The molecule has 0 bridgehead atoms. The van der Waals surface area contributed by atoms with Gasteiger partial charge in [-0.3, -0.25) is 4.79 Å². The van der Waals surface area contributed by atoms with Gasteiger partial charge >= 0.3 is 0 Å². The van der Waals surface area contributed by atoms with E-state index in [-0.39, 0.29) is 17.1 Å². The highest BCUT2D eigenvalue weighted by molar-refractivity contribution is 5.83. The molecule has 1 aliphatic rings. The number of benzene rings is 1. The second-order valence-corrected chi connectivity index (χ2v) is 4.87. The van der Waals surface area contributed by atoms with Crippen molar-refractivity contribution in [2.75, 3.05) is 13.1 Å². The molecule has 2 rings (SSSR count). The molecular weight excluding hydrogens is 228 g/mol. The number of amides is 1. The molecule has 4 nitrogen and oxygen atoms in total. The Labute approximate surface area is 107 Å². The third-order valence-corrected chi connectivity index (χ3v) is 3.83. The Morgan fingerprint density at radius 1 is 1.50 bits per heavy atom. The van der Waals surface area contributed by atoms with Crippen LogP contribution >= 0.6 is 0 Å². The lowest BCUT2D eigenvalue weighted by Gasteiger charge is -2.25. The van der Waals surface area contributed by atoms with Gasteiger partial charge < -0.3 is 15.7 Å². The van der Waals surface area contributed by atoms with Gasteiger partial charge in [-0.25, -0.2) is 0 Å². The zero-order valence-corrected chi connectivity index (χ0v) is 10.7. The normalized spacial score (nSPS) is 22.9. The van der Waals surface area contributed by atoms with Gasteiger partial charge in [0, 0.05) is 18.7 Å². The fourth-order valence-corrected chi connectivity index (χ4v) is 2.42. The molecule has 1 unspecified atom stereocenters. The maximum Gasteiger partial charge on any atom is 0.227 e. The van der Waals surface area contributed by atoms with E-state index in [2.05, 4.69) is 10.6 Å². The third-order valence-electron chi connectivity index (χ3n) is 3.83. The highest BCUT2D eigenvalue weighted by atomic mass is 16.3. The Balaban J connectivity index is 1.98. The topological polar surface area (TPSA) is 61.4 Å². The van der Waals surface area contributed by atoms with E-state index in [1.165, 1.54) is 0 Å². The molecule has 98 valence electrons. The first-order valence-electron chi connectivity index (χ1n) is 6.44. The van der Waals surface area contributed by atoms with Gasteiger partial charge in [0.25, 0.3) is 0 Å². The average Bonchev–Trinajstić information content (AvgIpc) is 2.87. The fourth-order valence-electron chi connectivity index (χ4n) is 2.42. The molecule has 1 aliphatic heterocycles. The first-order chi connectivity index (χ1) is 8.68. The first-order valence-corrected chi connectivity index (χ1v) is 6.44. The van der Waals surface area contributed by atoms with Gasteiger partial charge in [-0.05, 0) is 25.5 Å². The van der Waals surface area contributed by atoms with Crippen molar-refractivity contribution in [1.29, 1.82) is 0 Å². The number of phenolic OH excluding ortho intramolecular Hbond substituents is 1. The van der Waals surface area contributed by atoms with Crippen LogP contribution in [0.5, 0.6) is 5.75 Å². The van der Waals surface area contributed by atoms with Gasteiger partial charge in [-0.15, -0.1) is 0 Å². The average molecular weight is 248 g/mol. The number of carbonyl (C=O) groups is 1. The van der Waals surface area contributed by atoms with E-state index in [1.807, 2.05) is 19.1 Å². The van der Waals surface area contributed by atoms with E-state index in [0.29, 0.717) is 6.54 Å². The van der Waals surface area contributed by atoms with Crippen molar-refractivity contribution in [3.63, 3.8) is 0 Å². The van der Waals surface area contributed by atoms with Crippen LogP contribution in [0.2, 0.25) is 0 Å². The Kier molecular flexibility index (Phi) is 3.87. The van der Waals surface area contributed by atoms with Crippen molar-refractivity contribution in [3.05, 3.63) is 29.8 Å². The molecule has 1 aromatic rings. The standard InChI is InChI=1S/C14H20N2O2/c1-2-14(7-8-15-10-14)13(18)16-9-11-5-3-4-6-12(11)17/h3-6,15,17H,2,7-10H2,1H3,(H,16,18). The minimum Gasteiger partial charge on any atom is -0.508 e. The van der Waals surface area contributed by atoms with Crippen LogP contribution in [0.15, 0.2) is 24.3 Å². The highest BCUT2D eigenvalue weighted by Crippen LogP contribution is 2.29. The minimum absolute atomic E-state index is 0.0817. The number of hydrogen-bond acceptors (Lipinski definition) is 3. The summed E-state index contributed by atoms with van der Waals surface area (Å²) in [5.74, 6) is 0.311. The second kappa shape index (κ2) is 5.40. The summed E-state index contributed by atoms with van der Waals surface area (Å²) in [6.45, 7) is 4.08. The molecule has 4 heteroatoms. The van der Waals surface area contributed by atoms with Crippen LogP contribution in [0.4, 0.5) is 0 Å². The number of hydrogen-bond donors (Lipinski definition) is 3. The minimum atomic E-state index is -0.273. The maximum absolute atomic E-state index is 12.3. The predicted molar refractivity (Wildman–Crippen MR) is 70.2 cm³/mol. The van der Waals surface area contributed by atoms with Gasteiger partial charge in [0.1, 0.15) is 5.75 Å². The zero-order chi connectivity index (χ0) is 13.0. The Morgan fingerprint density at radius 3 is 2.89 bits per heavy atom. The Morgan fingerprint density at radius 2 is 2.28 bits per heavy atom. The summed E-state index contributed by atoms with van der Waals surface area (Å²) in [5.41, 5.74) is 0.479. The molecule has 1 atom stereocenters. The summed E-state index contributed by atoms with van der Waals surface area (Å²) >= 11 is 0. The lowest BCUT2D eigenvalue weighted by molar-refractivity contribution is -0.130. The Hall–Kier alpha value is -1.55. The van der Waals surface area contributed by atoms with E-state index in [0.717, 1.165) is 31.5 Å². The van der Waals surface area contributed by atoms with Gasteiger partial charge in [0.2, 0.25) is 5.91 Å². The van der Waals surface area contributed by atoms with Gasteiger partial charge in [-0.1, -0.05) is 25.1 Å². The van der Waals surface area contributed by atoms with E-state index in [9.17, 15) is 9.90 Å². The molecule has 1 amide bonds. The molecule has 0 spiro atoms. The van der Waals surface area contributed by atoms with Crippen LogP contribution in [-0.2, 0) is 11.3 Å². The first kappa shape index (κ1) is 12.9. The molecule has 3 N–H and O–H groups in total. The van der Waals surface area contributed by atoms with Crippen LogP contribution in [0.3, 0.4) is 0 Å². The molecule has 1 fully saturated rings. The summed E-state index contributed by atoms with van der Waals surface area (Å²) in [6.07, 6.45) is 1.72. The highest BCUT2D eigenvalue weighted by Gasteiger charge is 2.39. The van der Waals surface area contributed by atoms with Crippen molar-refractivity contribution in [3.8, 4) is 5.75 Å². The van der Waals surface area contributed by atoms with E-state index >= 15 is 0 Å². The number of phenols is 1. The predicted octanol–water partition coefficient (Wildman–Crippen LogP) is 1.40. The number of aromatic hydroxyl groups is 1. The van der Waals surface area contributed by atoms with Gasteiger partial charge in [0.15, 0.2) is 0 Å². The van der Waals surface area contributed by atoms with Crippen LogP contribution in [-0.4, -0.2) is 24.1 Å². The maximum atomic E-state index is 12.3. The van der Waals surface area contributed by atoms with Crippen molar-refractivity contribution in [2.45, 2.75) is 26.3 Å². The van der Waals surface area contributed by atoms with Crippen molar-refractivity contribution in [2.24, 2.45) is 5.41 Å². The molecule has 1 aromatic carbocycles. The van der Waals surface area contributed by atoms with Crippen molar-refractivity contribution >= 4 is 5.91 Å². The smallest absolute Gasteiger partial charge is 0.227 e. The molecule has 0 radical (unpaired) electrons. The summed E-state index contributed by atoms with van der Waals surface area (Å²) in [4.78, 5) is 12.3. The Bertz CT molecular complexity index is 426. The number of carbonyl (C=O) groups excluding carboxylic acids is 1. The largest absolute Gasteiger partial charge is 0.508 e. The third kappa shape index (κ3) is 2.48. The fraction of sp³-hybridized carbons (Fsp3) is 0.500. The summed E-state index contributed by atoms with van der Waals surface area (Å²) in [6, 6.07) is 7.08. The lowest BCUT2D eigenvalue weighted by Crippen LogP contribution is -2.41. The van der Waals surface area contributed by atoms with Crippen LogP contribution in [0.25, 0.3) is 0 Å². The van der Waals surface area contributed by atoms with Crippen LogP contribution in [0.1, 0.15) is 25.3 Å². The summed E-state index contributed by atoms with van der Waals surface area (Å²) in [5, 5.41) is 15.8. The van der Waals surface area contributed by atoms with Crippen LogP contribution < -0.4 is 10.6 Å². The lowest BCUT2D eigenvalue weighted by atomic mass is 9.83. The number of rotatable bonds is 4.